The zero-order valence-electron chi connectivity index (χ0n) is 15.7. The lowest BCUT2D eigenvalue weighted by Crippen LogP contribution is -2.29. The monoisotopic (exact) mass is 366 g/mol. The molecular formula is C21H23FN4O. The highest BCUT2D eigenvalue weighted by Gasteiger charge is 2.14. The normalized spacial score (nSPS) is 12.8. The summed E-state index contributed by atoms with van der Waals surface area (Å²) in [6.45, 7) is 2.02. The van der Waals surface area contributed by atoms with E-state index in [1.165, 1.54) is 0 Å². The van der Waals surface area contributed by atoms with E-state index in [9.17, 15) is 4.39 Å². The summed E-state index contributed by atoms with van der Waals surface area (Å²) in [4.78, 5) is 5.84. The van der Waals surface area contributed by atoms with Crippen LogP contribution in [0.1, 0.15) is 24.1 Å². The highest BCUT2D eigenvalue weighted by atomic mass is 19.1. The Hall–Kier alpha value is -3.15. The molecule has 27 heavy (non-hydrogen) atoms. The molecule has 1 aromatic heterocycles. The second kappa shape index (κ2) is 8.03. The molecule has 3 aromatic rings. The Morgan fingerprint density at radius 3 is 2.59 bits per heavy atom. The van der Waals surface area contributed by atoms with Gasteiger partial charge in [-0.2, -0.15) is 4.99 Å². The molecule has 1 atom stereocenters. The third-order valence-electron chi connectivity index (χ3n) is 4.36. The molecule has 6 heteroatoms. The number of aromatic nitrogens is 1. The van der Waals surface area contributed by atoms with Crippen LogP contribution in [0.25, 0.3) is 11.1 Å². The van der Waals surface area contributed by atoms with Gasteiger partial charge >= 0.3 is 0 Å². The first kappa shape index (κ1) is 18.6. The Balaban J connectivity index is 1.73. The number of aliphatic imine (C=N–C) groups is 1. The Kier molecular flexibility index (Phi) is 5.54. The standard InChI is InChI=1S/C21H23FN4O/c1-14(19-13-20(27-25-19)24-21(23)26(2)3)11-15-9-10-17(18(22)12-15)16-7-5-4-6-8-16/h4-10,12-14H,11H2,1-3H3,(H2,23,24). The van der Waals surface area contributed by atoms with Crippen molar-refractivity contribution in [3.63, 3.8) is 0 Å². The minimum Gasteiger partial charge on any atom is -0.369 e. The molecule has 0 amide bonds. The van der Waals surface area contributed by atoms with E-state index in [-0.39, 0.29) is 11.7 Å². The first-order valence-electron chi connectivity index (χ1n) is 8.76. The highest BCUT2D eigenvalue weighted by molar-refractivity contribution is 5.79. The summed E-state index contributed by atoms with van der Waals surface area (Å²) in [5.74, 6) is 0.521. The highest BCUT2D eigenvalue weighted by Crippen LogP contribution is 2.27. The number of nitrogens with two attached hydrogens (primary N) is 1. The van der Waals surface area contributed by atoms with Gasteiger partial charge in [0.05, 0.1) is 5.69 Å². The molecule has 2 N–H and O–H groups in total. The van der Waals surface area contributed by atoms with E-state index in [2.05, 4.69) is 10.1 Å². The van der Waals surface area contributed by atoms with Crippen molar-refractivity contribution in [2.24, 2.45) is 10.7 Å². The van der Waals surface area contributed by atoms with Crippen LogP contribution in [0.2, 0.25) is 0 Å². The molecule has 1 heterocycles. The summed E-state index contributed by atoms with van der Waals surface area (Å²) < 4.78 is 19.8. The number of halogens is 1. The van der Waals surface area contributed by atoms with Crippen LogP contribution in [0.15, 0.2) is 64.1 Å². The van der Waals surface area contributed by atoms with E-state index >= 15 is 0 Å². The minimum absolute atomic E-state index is 0.0558. The van der Waals surface area contributed by atoms with Crippen molar-refractivity contribution in [2.75, 3.05) is 14.1 Å². The quantitative estimate of drug-likeness (QED) is 0.539. The summed E-state index contributed by atoms with van der Waals surface area (Å²) in [5, 5.41) is 4.06. The molecule has 0 bridgehead atoms. The molecular weight excluding hydrogens is 343 g/mol. The summed E-state index contributed by atoms with van der Waals surface area (Å²) in [6, 6.07) is 16.6. The topological polar surface area (TPSA) is 67.7 Å². The van der Waals surface area contributed by atoms with Crippen molar-refractivity contribution < 1.29 is 8.91 Å². The molecule has 0 radical (unpaired) electrons. The first-order valence-corrected chi connectivity index (χ1v) is 8.76. The third kappa shape index (κ3) is 4.53. The zero-order valence-corrected chi connectivity index (χ0v) is 15.7. The molecule has 0 saturated heterocycles. The lowest BCUT2D eigenvalue weighted by Gasteiger charge is -2.10. The molecule has 0 saturated carbocycles. The maximum absolute atomic E-state index is 14.5. The average Bonchev–Trinajstić information content (AvgIpc) is 3.11. The zero-order chi connectivity index (χ0) is 19.4. The van der Waals surface area contributed by atoms with Crippen molar-refractivity contribution in [1.29, 1.82) is 0 Å². The number of benzene rings is 2. The van der Waals surface area contributed by atoms with Gasteiger partial charge in [0.2, 0.25) is 0 Å². The summed E-state index contributed by atoms with van der Waals surface area (Å²) >= 11 is 0. The fourth-order valence-corrected chi connectivity index (χ4v) is 2.77. The molecule has 0 aliphatic heterocycles. The molecule has 0 spiro atoms. The largest absolute Gasteiger partial charge is 0.369 e. The van der Waals surface area contributed by atoms with Crippen molar-refractivity contribution in [1.82, 2.24) is 10.1 Å². The van der Waals surface area contributed by atoms with Gasteiger partial charge in [-0.05, 0) is 23.6 Å². The summed E-state index contributed by atoms with van der Waals surface area (Å²) in [6.07, 6.45) is 0.644. The Morgan fingerprint density at radius 2 is 1.93 bits per heavy atom. The van der Waals surface area contributed by atoms with Gasteiger partial charge in [0.1, 0.15) is 5.82 Å². The Morgan fingerprint density at radius 1 is 1.19 bits per heavy atom. The van der Waals surface area contributed by atoms with E-state index in [1.807, 2.05) is 49.4 Å². The van der Waals surface area contributed by atoms with Crippen LogP contribution in [-0.4, -0.2) is 30.1 Å². The van der Waals surface area contributed by atoms with Crippen molar-refractivity contribution >= 4 is 11.8 Å². The maximum atomic E-state index is 14.5. The van der Waals surface area contributed by atoms with Gasteiger partial charge < -0.3 is 15.2 Å². The smallest absolute Gasteiger partial charge is 0.253 e. The minimum atomic E-state index is -0.227. The molecule has 5 nitrogen and oxygen atoms in total. The van der Waals surface area contributed by atoms with Crippen molar-refractivity contribution in [2.45, 2.75) is 19.3 Å². The SMILES string of the molecule is CC(Cc1ccc(-c2ccccc2)c(F)c1)c1cc(N=C(N)N(C)C)on1. The van der Waals surface area contributed by atoms with Crippen molar-refractivity contribution in [3.05, 3.63) is 71.7 Å². The van der Waals surface area contributed by atoms with Gasteiger partial charge in [-0.3, -0.25) is 0 Å². The van der Waals surface area contributed by atoms with Gasteiger partial charge in [-0.25, -0.2) is 4.39 Å². The summed E-state index contributed by atoms with van der Waals surface area (Å²) in [7, 11) is 3.60. The number of hydrogen-bond acceptors (Lipinski definition) is 3. The van der Waals surface area contributed by atoms with Gasteiger partial charge in [0.25, 0.3) is 5.88 Å². The van der Waals surface area contributed by atoms with E-state index < -0.39 is 0 Å². The molecule has 1 unspecified atom stereocenters. The van der Waals surface area contributed by atoms with E-state index in [1.54, 1.807) is 31.1 Å². The number of guanidine groups is 1. The fourth-order valence-electron chi connectivity index (χ4n) is 2.77. The van der Waals surface area contributed by atoms with E-state index in [4.69, 9.17) is 10.3 Å². The molecule has 0 aliphatic carbocycles. The Bertz CT molecular complexity index is 934. The van der Waals surface area contributed by atoms with Crippen LogP contribution in [-0.2, 0) is 6.42 Å². The Labute approximate surface area is 158 Å². The van der Waals surface area contributed by atoms with E-state index in [0.717, 1.165) is 16.8 Å². The number of nitrogens with zero attached hydrogens (tertiary/aromatic N) is 3. The van der Waals surface area contributed by atoms with Crippen LogP contribution < -0.4 is 5.73 Å². The van der Waals surface area contributed by atoms with Gasteiger partial charge in [-0.15, -0.1) is 0 Å². The number of rotatable bonds is 5. The second-order valence-corrected chi connectivity index (χ2v) is 6.74. The first-order chi connectivity index (χ1) is 12.9. The van der Waals surface area contributed by atoms with Crippen LogP contribution >= 0.6 is 0 Å². The molecule has 3 rings (SSSR count). The average molecular weight is 366 g/mol. The molecule has 140 valence electrons. The number of hydrogen-bond donors (Lipinski definition) is 1. The van der Waals surface area contributed by atoms with Crippen LogP contribution in [0.4, 0.5) is 10.3 Å². The van der Waals surface area contributed by atoms with Gasteiger partial charge in [0.15, 0.2) is 5.96 Å². The van der Waals surface area contributed by atoms with Crippen LogP contribution in [0, 0.1) is 5.82 Å². The van der Waals surface area contributed by atoms with Crippen molar-refractivity contribution in [3.8, 4) is 11.1 Å². The second-order valence-electron chi connectivity index (χ2n) is 6.74. The lowest BCUT2D eigenvalue weighted by atomic mass is 9.96. The van der Waals surface area contributed by atoms with Gasteiger partial charge in [0, 0.05) is 31.6 Å². The molecule has 0 aliphatic rings. The van der Waals surface area contributed by atoms with Gasteiger partial charge in [-0.1, -0.05) is 54.5 Å². The maximum Gasteiger partial charge on any atom is 0.253 e. The predicted octanol–water partition coefficient (Wildman–Crippen LogP) is 4.33. The third-order valence-corrected chi connectivity index (χ3v) is 4.36. The van der Waals surface area contributed by atoms with Crippen LogP contribution in [0.3, 0.4) is 0 Å². The lowest BCUT2D eigenvalue weighted by molar-refractivity contribution is 0.415. The summed E-state index contributed by atoms with van der Waals surface area (Å²) in [5.41, 5.74) is 8.91. The van der Waals surface area contributed by atoms with Crippen LogP contribution in [0.5, 0.6) is 0 Å². The predicted molar refractivity (Wildman–Crippen MR) is 105 cm³/mol. The molecule has 0 fully saturated rings. The molecule has 2 aromatic carbocycles. The fraction of sp³-hybridized carbons (Fsp3) is 0.238. The van der Waals surface area contributed by atoms with E-state index in [0.29, 0.717) is 23.8 Å².